The van der Waals surface area contributed by atoms with Gasteiger partial charge in [0.2, 0.25) is 0 Å². The van der Waals surface area contributed by atoms with Crippen LogP contribution in [0.4, 0.5) is 0 Å². The molecule has 0 spiro atoms. The lowest BCUT2D eigenvalue weighted by Gasteiger charge is -2.01. The lowest BCUT2D eigenvalue weighted by molar-refractivity contribution is 1.05. The summed E-state index contributed by atoms with van der Waals surface area (Å²) >= 11 is 1.64. The second-order valence-corrected chi connectivity index (χ2v) is 4.86. The van der Waals surface area contributed by atoms with Crippen LogP contribution in [0.2, 0.25) is 0 Å². The number of pyridine rings is 1. The summed E-state index contributed by atoms with van der Waals surface area (Å²) in [5.74, 6) is 0. The highest BCUT2D eigenvalue weighted by atomic mass is 32.2. The number of rotatable bonds is 2. The summed E-state index contributed by atoms with van der Waals surface area (Å²) in [5.41, 5.74) is 3.31. The van der Waals surface area contributed by atoms with Gasteiger partial charge in [0.05, 0.1) is 5.56 Å². The number of nitriles is 1. The molecule has 2 aromatic heterocycles. The number of imidazole rings is 1. The van der Waals surface area contributed by atoms with Crippen LogP contribution >= 0.6 is 11.8 Å². The van der Waals surface area contributed by atoms with E-state index in [0.29, 0.717) is 11.2 Å². The molecule has 1 aromatic carbocycles. The maximum absolute atomic E-state index is 9.17. The highest BCUT2D eigenvalue weighted by molar-refractivity contribution is 7.98. The molecule has 19 heavy (non-hydrogen) atoms. The molecular weight excluding hydrogens is 254 g/mol. The second kappa shape index (κ2) is 4.79. The van der Waals surface area contributed by atoms with Crippen LogP contribution in [0.3, 0.4) is 0 Å². The van der Waals surface area contributed by atoms with E-state index in [4.69, 9.17) is 5.26 Å². The summed E-state index contributed by atoms with van der Waals surface area (Å²) in [6, 6.07) is 15.9. The third-order valence-electron chi connectivity index (χ3n) is 2.97. The minimum Gasteiger partial charge on any atom is -0.293 e. The Labute approximate surface area is 115 Å². The number of hydrogen-bond donors (Lipinski definition) is 0. The van der Waals surface area contributed by atoms with Crippen LogP contribution in [0.15, 0.2) is 53.7 Å². The molecule has 0 aliphatic rings. The molecule has 0 bridgehead atoms. The molecule has 3 rings (SSSR count). The molecule has 0 unspecified atom stereocenters. The van der Waals surface area contributed by atoms with Crippen LogP contribution in [0.25, 0.3) is 16.9 Å². The van der Waals surface area contributed by atoms with Crippen LogP contribution in [0.1, 0.15) is 5.56 Å². The molecule has 0 N–H and O–H groups in total. The Morgan fingerprint density at radius 1 is 1.16 bits per heavy atom. The highest BCUT2D eigenvalue weighted by Gasteiger charge is 2.14. The summed E-state index contributed by atoms with van der Waals surface area (Å²) in [4.78, 5) is 4.64. The van der Waals surface area contributed by atoms with E-state index < -0.39 is 0 Å². The molecule has 2 heterocycles. The predicted octanol–water partition coefficient (Wildman–Crippen LogP) is 3.59. The zero-order chi connectivity index (χ0) is 13.2. The molecule has 0 aliphatic heterocycles. The number of nitrogens with zero attached hydrogens (tertiary/aromatic N) is 3. The third-order valence-corrected chi connectivity index (χ3v) is 3.74. The van der Waals surface area contributed by atoms with Crippen LogP contribution in [0, 0.1) is 11.3 Å². The van der Waals surface area contributed by atoms with Gasteiger partial charge >= 0.3 is 0 Å². The SMILES string of the molecule is CSc1c(-c2ccccc2)nc2c(C#N)cccn12. The van der Waals surface area contributed by atoms with Crippen LogP contribution in [-0.4, -0.2) is 15.6 Å². The number of thioether (sulfide) groups is 1. The Bertz CT molecular complexity index is 769. The molecule has 3 nitrogen and oxygen atoms in total. The second-order valence-electron chi connectivity index (χ2n) is 4.06. The average molecular weight is 265 g/mol. The molecule has 0 fully saturated rings. The topological polar surface area (TPSA) is 41.1 Å². The summed E-state index contributed by atoms with van der Waals surface area (Å²) in [6.45, 7) is 0. The van der Waals surface area contributed by atoms with E-state index in [1.165, 1.54) is 0 Å². The first-order chi connectivity index (χ1) is 9.35. The fourth-order valence-corrected chi connectivity index (χ4v) is 2.81. The summed E-state index contributed by atoms with van der Waals surface area (Å²) in [5, 5.41) is 10.2. The lowest BCUT2D eigenvalue weighted by Crippen LogP contribution is -1.88. The van der Waals surface area contributed by atoms with Gasteiger partial charge in [0.25, 0.3) is 0 Å². The average Bonchev–Trinajstić information content (AvgIpc) is 2.86. The Balaban J connectivity index is 2.35. The van der Waals surface area contributed by atoms with Gasteiger partial charge in [-0.15, -0.1) is 11.8 Å². The number of benzene rings is 1. The van der Waals surface area contributed by atoms with Crippen molar-refractivity contribution in [1.82, 2.24) is 9.38 Å². The number of aromatic nitrogens is 2. The molecule has 3 aromatic rings. The van der Waals surface area contributed by atoms with E-state index >= 15 is 0 Å². The first kappa shape index (κ1) is 11.8. The standard InChI is InChI=1S/C15H11N3S/c1-19-15-13(11-6-3-2-4-7-11)17-14-12(10-16)8-5-9-18(14)15/h2-9H,1H3. The normalized spacial score (nSPS) is 10.5. The first-order valence-electron chi connectivity index (χ1n) is 5.85. The zero-order valence-electron chi connectivity index (χ0n) is 10.4. The third kappa shape index (κ3) is 1.88. The van der Waals surface area contributed by atoms with Gasteiger partial charge in [-0.2, -0.15) is 5.26 Å². The van der Waals surface area contributed by atoms with Crippen LogP contribution in [0.5, 0.6) is 0 Å². The van der Waals surface area contributed by atoms with E-state index in [9.17, 15) is 0 Å². The minimum atomic E-state index is 0.597. The number of fused-ring (bicyclic) bond motifs is 1. The van der Waals surface area contributed by atoms with Crippen molar-refractivity contribution in [3.63, 3.8) is 0 Å². The van der Waals surface area contributed by atoms with Crippen molar-refractivity contribution < 1.29 is 0 Å². The Hall–Kier alpha value is -2.25. The van der Waals surface area contributed by atoms with E-state index in [0.717, 1.165) is 16.3 Å². The smallest absolute Gasteiger partial charge is 0.156 e. The molecule has 0 amide bonds. The fourth-order valence-electron chi connectivity index (χ4n) is 2.11. The van der Waals surface area contributed by atoms with E-state index in [1.54, 1.807) is 17.8 Å². The molecule has 0 aliphatic carbocycles. The zero-order valence-corrected chi connectivity index (χ0v) is 11.2. The largest absolute Gasteiger partial charge is 0.293 e. The first-order valence-corrected chi connectivity index (χ1v) is 7.08. The molecular formula is C15H11N3S. The van der Waals surface area contributed by atoms with Crippen molar-refractivity contribution >= 4 is 17.4 Å². The monoisotopic (exact) mass is 265 g/mol. The molecule has 4 heteroatoms. The van der Waals surface area contributed by atoms with Crippen molar-refractivity contribution in [2.24, 2.45) is 0 Å². The minimum absolute atomic E-state index is 0.597. The maximum atomic E-state index is 9.17. The van der Waals surface area contributed by atoms with Crippen LogP contribution < -0.4 is 0 Å². The van der Waals surface area contributed by atoms with E-state index in [2.05, 4.69) is 11.1 Å². The highest BCUT2D eigenvalue weighted by Crippen LogP contribution is 2.31. The lowest BCUT2D eigenvalue weighted by atomic mass is 10.2. The van der Waals surface area contributed by atoms with Crippen molar-refractivity contribution in [1.29, 1.82) is 5.26 Å². The molecule has 0 radical (unpaired) electrons. The molecule has 92 valence electrons. The fraction of sp³-hybridized carbons (Fsp3) is 0.0667. The van der Waals surface area contributed by atoms with Crippen molar-refractivity contribution in [2.75, 3.05) is 6.26 Å². The van der Waals surface area contributed by atoms with Gasteiger partial charge in [-0.3, -0.25) is 4.40 Å². The quantitative estimate of drug-likeness (QED) is 0.665. The Morgan fingerprint density at radius 2 is 1.95 bits per heavy atom. The van der Waals surface area contributed by atoms with Gasteiger partial charge in [0.1, 0.15) is 16.8 Å². The van der Waals surface area contributed by atoms with Crippen molar-refractivity contribution in [2.45, 2.75) is 5.03 Å². The Kier molecular flexibility index (Phi) is 2.98. The van der Waals surface area contributed by atoms with Crippen molar-refractivity contribution in [3.05, 3.63) is 54.2 Å². The van der Waals surface area contributed by atoms with E-state index in [-0.39, 0.29) is 0 Å². The van der Waals surface area contributed by atoms with Gasteiger partial charge in [-0.1, -0.05) is 30.3 Å². The summed E-state index contributed by atoms with van der Waals surface area (Å²) in [6.07, 6.45) is 3.97. The molecule has 0 saturated carbocycles. The van der Waals surface area contributed by atoms with Gasteiger partial charge in [-0.25, -0.2) is 4.98 Å². The van der Waals surface area contributed by atoms with Crippen molar-refractivity contribution in [3.8, 4) is 17.3 Å². The molecule has 0 atom stereocenters. The van der Waals surface area contributed by atoms with Crippen LogP contribution in [-0.2, 0) is 0 Å². The molecule has 0 saturated heterocycles. The summed E-state index contributed by atoms with van der Waals surface area (Å²) < 4.78 is 1.98. The summed E-state index contributed by atoms with van der Waals surface area (Å²) in [7, 11) is 0. The van der Waals surface area contributed by atoms with Gasteiger partial charge < -0.3 is 0 Å². The van der Waals surface area contributed by atoms with Gasteiger partial charge in [0, 0.05) is 11.8 Å². The van der Waals surface area contributed by atoms with Gasteiger partial charge in [-0.05, 0) is 18.4 Å². The number of hydrogen-bond acceptors (Lipinski definition) is 3. The predicted molar refractivity (Wildman–Crippen MR) is 77.1 cm³/mol. The van der Waals surface area contributed by atoms with Gasteiger partial charge in [0.15, 0.2) is 5.65 Å². The maximum Gasteiger partial charge on any atom is 0.156 e. The Morgan fingerprint density at radius 3 is 2.63 bits per heavy atom. The van der Waals surface area contributed by atoms with E-state index in [1.807, 2.05) is 53.3 Å².